The lowest BCUT2D eigenvalue weighted by molar-refractivity contribution is 0.0640. The molecule has 2 aliphatic heterocycles. The van der Waals surface area contributed by atoms with E-state index in [9.17, 15) is 18.8 Å². The number of amides is 3. The zero-order valence-corrected chi connectivity index (χ0v) is 19.3. The number of H-pyrrole nitrogens is 1. The van der Waals surface area contributed by atoms with Crippen molar-refractivity contribution < 1.29 is 14.0 Å². The minimum atomic E-state index is -0.555. The van der Waals surface area contributed by atoms with Crippen LogP contribution >= 0.6 is 0 Å². The fourth-order valence-corrected chi connectivity index (χ4v) is 5.29. The van der Waals surface area contributed by atoms with Gasteiger partial charge in [0.15, 0.2) is 0 Å². The number of halogens is 1. The van der Waals surface area contributed by atoms with Crippen LogP contribution in [0.2, 0.25) is 0 Å². The molecule has 0 saturated carbocycles. The standard InChI is InChI=1S/C25H30FN5O3/c26-21-8-7-17(16-22-18-5-1-2-6-19(18)23(32)28-27-22)15-20(21)24(33)29-11-13-31(14-12-29)25(34)30-9-3-4-10-30/h7-8,15H,1-6,9-14,16H2,(H,28,32). The number of hydrogen-bond acceptors (Lipinski definition) is 4. The van der Waals surface area contributed by atoms with Crippen LogP contribution in [0.3, 0.4) is 0 Å². The molecule has 2 fully saturated rings. The van der Waals surface area contributed by atoms with E-state index in [2.05, 4.69) is 10.2 Å². The summed E-state index contributed by atoms with van der Waals surface area (Å²) < 4.78 is 14.7. The number of carbonyl (C=O) groups excluding carboxylic acids is 2. The Balaban J connectivity index is 1.28. The summed E-state index contributed by atoms with van der Waals surface area (Å²) in [7, 11) is 0. The molecule has 5 rings (SSSR count). The highest BCUT2D eigenvalue weighted by Gasteiger charge is 2.30. The Morgan fingerprint density at radius 1 is 0.882 bits per heavy atom. The van der Waals surface area contributed by atoms with Gasteiger partial charge in [0, 0.05) is 51.3 Å². The fraction of sp³-hybridized carbons (Fsp3) is 0.520. The second-order valence-electron chi connectivity index (χ2n) is 9.41. The number of aromatic nitrogens is 2. The lowest BCUT2D eigenvalue weighted by Gasteiger charge is -2.36. The third-order valence-corrected chi connectivity index (χ3v) is 7.23. The maximum atomic E-state index is 14.7. The van der Waals surface area contributed by atoms with Gasteiger partial charge in [0.1, 0.15) is 5.82 Å². The molecule has 0 atom stereocenters. The number of likely N-dealkylation sites (tertiary alicyclic amines) is 1. The fourth-order valence-electron chi connectivity index (χ4n) is 5.29. The number of rotatable bonds is 3. The van der Waals surface area contributed by atoms with Crippen LogP contribution in [0.15, 0.2) is 23.0 Å². The van der Waals surface area contributed by atoms with Crippen molar-refractivity contribution in [1.82, 2.24) is 24.9 Å². The number of hydrogen-bond donors (Lipinski definition) is 1. The van der Waals surface area contributed by atoms with Crippen LogP contribution in [-0.2, 0) is 19.3 Å². The van der Waals surface area contributed by atoms with Crippen molar-refractivity contribution in [3.05, 3.63) is 62.3 Å². The number of nitrogens with one attached hydrogen (secondary N) is 1. The number of carbonyl (C=O) groups is 2. The molecule has 3 amide bonds. The molecule has 9 heteroatoms. The third-order valence-electron chi connectivity index (χ3n) is 7.23. The van der Waals surface area contributed by atoms with Crippen molar-refractivity contribution in [2.24, 2.45) is 0 Å². The molecule has 2 aromatic rings. The Bertz CT molecular complexity index is 1150. The molecular weight excluding hydrogens is 437 g/mol. The first-order chi connectivity index (χ1) is 16.5. The van der Waals surface area contributed by atoms with Gasteiger partial charge in [-0.25, -0.2) is 14.3 Å². The molecule has 34 heavy (non-hydrogen) atoms. The molecule has 0 radical (unpaired) electrons. The van der Waals surface area contributed by atoms with Gasteiger partial charge in [0.05, 0.1) is 11.3 Å². The summed E-state index contributed by atoms with van der Waals surface area (Å²) in [6, 6.07) is 4.63. The van der Waals surface area contributed by atoms with Crippen LogP contribution in [0.1, 0.15) is 58.4 Å². The van der Waals surface area contributed by atoms with E-state index in [-0.39, 0.29) is 23.1 Å². The Morgan fingerprint density at radius 2 is 1.53 bits per heavy atom. The predicted octanol–water partition coefficient (Wildman–Crippen LogP) is 2.35. The van der Waals surface area contributed by atoms with Crippen molar-refractivity contribution in [2.45, 2.75) is 44.9 Å². The van der Waals surface area contributed by atoms with E-state index in [1.807, 2.05) is 4.90 Å². The first-order valence-electron chi connectivity index (χ1n) is 12.2. The highest BCUT2D eigenvalue weighted by molar-refractivity contribution is 5.95. The maximum absolute atomic E-state index is 14.7. The van der Waals surface area contributed by atoms with Gasteiger partial charge in [-0.05, 0) is 61.8 Å². The van der Waals surface area contributed by atoms with Crippen LogP contribution in [0.5, 0.6) is 0 Å². The molecule has 3 aliphatic rings. The van der Waals surface area contributed by atoms with Crippen LogP contribution < -0.4 is 5.56 Å². The molecule has 2 saturated heterocycles. The van der Waals surface area contributed by atoms with Gasteiger partial charge in [-0.1, -0.05) is 6.07 Å². The van der Waals surface area contributed by atoms with Gasteiger partial charge in [-0.15, -0.1) is 0 Å². The summed E-state index contributed by atoms with van der Waals surface area (Å²) in [6.45, 7) is 3.27. The highest BCUT2D eigenvalue weighted by atomic mass is 19.1. The van der Waals surface area contributed by atoms with Gasteiger partial charge >= 0.3 is 6.03 Å². The van der Waals surface area contributed by atoms with Crippen LogP contribution in [0.4, 0.5) is 9.18 Å². The quantitative estimate of drug-likeness (QED) is 0.751. The Morgan fingerprint density at radius 3 is 2.26 bits per heavy atom. The molecule has 0 bridgehead atoms. The van der Waals surface area contributed by atoms with Crippen molar-refractivity contribution in [3.63, 3.8) is 0 Å². The minimum Gasteiger partial charge on any atom is -0.335 e. The molecular formula is C25H30FN5O3. The van der Waals surface area contributed by atoms with Crippen LogP contribution in [-0.4, -0.2) is 76.1 Å². The Labute approximate surface area is 197 Å². The number of fused-ring (bicyclic) bond motifs is 1. The zero-order chi connectivity index (χ0) is 23.7. The summed E-state index contributed by atoms with van der Waals surface area (Å²) >= 11 is 0. The monoisotopic (exact) mass is 467 g/mol. The maximum Gasteiger partial charge on any atom is 0.320 e. The Kier molecular flexibility index (Phi) is 6.34. The number of urea groups is 1. The average molecular weight is 468 g/mol. The summed E-state index contributed by atoms with van der Waals surface area (Å²) in [6.07, 6.45) is 6.08. The summed E-state index contributed by atoms with van der Waals surface area (Å²) in [5, 5.41) is 6.85. The third kappa shape index (κ3) is 4.43. The van der Waals surface area contributed by atoms with E-state index < -0.39 is 5.82 Å². The molecule has 1 N–H and O–H groups in total. The van der Waals surface area contributed by atoms with E-state index in [0.717, 1.165) is 74.0 Å². The van der Waals surface area contributed by atoms with Crippen molar-refractivity contribution in [2.75, 3.05) is 39.3 Å². The topological polar surface area (TPSA) is 89.6 Å². The summed E-state index contributed by atoms with van der Waals surface area (Å²) in [5.74, 6) is -0.912. The van der Waals surface area contributed by atoms with Crippen LogP contribution in [0, 0.1) is 5.82 Å². The lowest BCUT2D eigenvalue weighted by atomic mass is 9.90. The molecule has 1 aromatic carbocycles. The van der Waals surface area contributed by atoms with Gasteiger partial charge in [-0.2, -0.15) is 5.10 Å². The summed E-state index contributed by atoms with van der Waals surface area (Å²) in [5.41, 5.74) is 3.26. The van der Waals surface area contributed by atoms with Crippen molar-refractivity contribution in [1.29, 1.82) is 0 Å². The van der Waals surface area contributed by atoms with E-state index in [0.29, 0.717) is 32.6 Å². The molecule has 1 aliphatic carbocycles. The first kappa shape index (κ1) is 22.6. The minimum absolute atomic E-state index is 0.0366. The van der Waals surface area contributed by atoms with E-state index in [4.69, 9.17) is 0 Å². The SMILES string of the molecule is O=C(c1cc(Cc2n[nH]c(=O)c3c2CCCC3)ccc1F)N1CCN(C(=O)N2CCCC2)CC1. The second kappa shape index (κ2) is 9.56. The second-order valence-corrected chi connectivity index (χ2v) is 9.41. The molecule has 3 heterocycles. The molecule has 8 nitrogen and oxygen atoms in total. The highest BCUT2D eigenvalue weighted by Crippen LogP contribution is 2.23. The average Bonchev–Trinajstić information content (AvgIpc) is 3.41. The van der Waals surface area contributed by atoms with Gasteiger partial charge < -0.3 is 14.7 Å². The van der Waals surface area contributed by atoms with Crippen LogP contribution in [0.25, 0.3) is 0 Å². The number of piperazine rings is 1. The molecule has 180 valence electrons. The van der Waals surface area contributed by atoms with Gasteiger partial charge in [0.2, 0.25) is 0 Å². The number of benzene rings is 1. The normalized spacial score (nSPS) is 18.2. The van der Waals surface area contributed by atoms with Gasteiger partial charge in [-0.3, -0.25) is 9.59 Å². The summed E-state index contributed by atoms with van der Waals surface area (Å²) in [4.78, 5) is 43.1. The smallest absolute Gasteiger partial charge is 0.320 e. The number of aromatic amines is 1. The Hall–Kier alpha value is -3.23. The molecule has 0 unspecified atom stereocenters. The zero-order valence-electron chi connectivity index (χ0n) is 19.3. The van der Waals surface area contributed by atoms with E-state index >= 15 is 0 Å². The predicted molar refractivity (Wildman–Crippen MR) is 124 cm³/mol. The van der Waals surface area contributed by atoms with Crippen molar-refractivity contribution in [3.8, 4) is 0 Å². The van der Waals surface area contributed by atoms with Crippen molar-refractivity contribution >= 4 is 11.9 Å². The van der Waals surface area contributed by atoms with Gasteiger partial charge in [0.25, 0.3) is 11.5 Å². The largest absolute Gasteiger partial charge is 0.335 e. The molecule has 1 aromatic heterocycles. The lowest BCUT2D eigenvalue weighted by Crippen LogP contribution is -2.53. The molecule has 0 spiro atoms. The number of nitrogens with zero attached hydrogens (tertiary/aromatic N) is 4. The van der Waals surface area contributed by atoms with E-state index in [1.165, 1.54) is 6.07 Å². The van der Waals surface area contributed by atoms with E-state index in [1.54, 1.807) is 21.9 Å². The first-order valence-corrected chi connectivity index (χ1v) is 12.2.